The molecule has 1 N–H and O–H groups in total. The highest BCUT2D eigenvalue weighted by molar-refractivity contribution is 5.61. The predicted molar refractivity (Wildman–Crippen MR) is 57.4 cm³/mol. The maximum Gasteiger partial charge on any atom is 0.240 e. The topological polar surface area (TPSA) is 59.7 Å². The molecule has 0 bridgehead atoms. The van der Waals surface area contributed by atoms with Crippen molar-refractivity contribution in [1.82, 2.24) is 14.6 Å². The third kappa shape index (κ3) is 1.36. The Labute approximate surface area is 92.7 Å². The van der Waals surface area contributed by atoms with Crippen LogP contribution in [0.15, 0.2) is 18.6 Å². The van der Waals surface area contributed by atoms with E-state index in [9.17, 15) is 5.11 Å². The second-order valence-electron chi connectivity index (χ2n) is 4.15. The van der Waals surface area contributed by atoms with Gasteiger partial charge in [-0.25, -0.2) is 9.50 Å². The van der Waals surface area contributed by atoms with Gasteiger partial charge in [-0.3, -0.25) is 0 Å². The Kier molecular flexibility index (Phi) is 2.07. The SMILES string of the molecule is Cc1cnn2ccnc(OC3CCC3O)c12. The number of aryl methyl sites for hydroxylation is 1. The summed E-state index contributed by atoms with van der Waals surface area (Å²) in [6.45, 7) is 1.97. The maximum atomic E-state index is 9.49. The van der Waals surface area contributed by atoms with Crippen LogP contribution < -0.4 is 4.74 Å². The molecule has 0 radical (unpaired) electrons. The second-order valence-corrected chi connectivity index (χ2v) is 4.15. The molecule has 5 heteroatoms. The Hall–Kier alpha value is -1.62. The first-order valence-corrected chi connectivity index (χ1v) is 5.39. The predicted octanol–water partition coefficient (Wildman–Crippen LogP) is 0.940. The van der Waals surface area contributed by atoms with Crippen molar-refractivity contribution < 1.29 is 9.84 Å². The number of aliphatic hydroxyl groups is 1. The van der Waals surface area contributed by atoms with Gasteiger partial charge in [0, 0.05) is 18.0 Å². The van der Waals surface area contributed by atoms with Crippen LogP contribution in [0, 0.1) is 6.92 Å². The normalized spacial score (nSPS) is 24.4. The number of aromatic nitrogens is 3. The molecular formula is C11H13N3O2. The number of rotatable bonds is 2. The zero-order chi connectivity index (χ0) is 11.1. The van der Waals surface area contributed by atoms with Crippen LogP contribution in [0.4, 0.5) is 0 Å². The van der Waals surface area contributed by atoms with Crippen molar-refractivity contribution >= 4 is 5.52 Å². The van der Waals surface area contributed by atoms with Crippen LogP contribution in [0.3, 0.4) is 0 Å². The van der Waals surface area contributed by atoms with E-state index in [4.69, 9.17) is 4.74 Å². The van der Waals surface area contributed by atoms with E-state index in [2.05, 4.69) is 10.1 Å². The summed E-state index contributed by atoms with van der Waals surface area (Å²) >= 11 is 0. The van der Waals surface area contributed by atoms with E-state index < -0.39 is 0 Å². The first-order valence-electron chi connectivity index (χ1n) is 5.39. The monoisotopic (exact) mass is 219 g/mol. The molecule has 2 aromatic heterocycles. The zero-order valence-corrected chi connectivity index (χ0v) is 9.00. The van der Waals surface area contributed by atoms with Crippen molar-refractivity contribution in [2.45, 2.75) is 32.0 Å². The minimum Gasteiger partial charge on any atom is -0.470 e. The number of ether oxygens (including phenoxy) is 1. The summed E-state index contributed by atoms with van der Waals surface area (Å²) in [5.74, 6) is 0.557. The van der Waals surface area contributed by atoms with Crippen LogP contribution in [0.1, 0.15) is 18.4 Å². The summed E-state index contributed by atoms with van der Waals surface area (Å²) in [5.41, 5.74) is 1.90. The molecule has 1 aliphatic carbocycles. The largest absolute Gasteiger partial charge is 0.470 e. The molecule has 1 saturated carbocycles. The highest BCUT2D eigenvalue weighted by Gasteiger charge is 2.31. The van der Waals surface area contributed by atoms with Crippen molar-refractivity contribution in [2.24, 2.45) is 0 Å². The number of aliphatic hydroxyl groups excluding tert-OH is 1. The van der Waals surface area contributed by atoms with Gasteiger partial charge in [0.25, 0.3) is 0 Å². The lowest BCUT2D eigenvalue weighted by molar-refractivity contribution is -0.0376. The molecule has 0 spiro atoms. The van der Waals surface area contributed by atoms with E-state index in [1.807, 2.05) is 6.92 Å². The summed E-state index contributed by atoms with van der Waals surface area (Å²) in [6, 6.07) is 0. The van der Waals surface area contributed by atoms with Crippen LogP contribution >= 0.6 is 0 Å². The lowest BCUT2D eigenvalue weighted by atomic mass is 9.92. The summed E-state index contributed by atoms with van der Waals surface area (Å²) in [5, 5.41) is 13.7. The van der Waals surface area contributed by atoms with Crippen LogP contribution in [0.2, 0.25) is 0 Å². The molecule has 2 unspecified atom stereocenters. The van der Waals surface area contributed by atoms with Gasteiger partial charge in [-0.1, -0.05) is 0 Å². The lowest BCUT2D eigenvalue weighted by Gasteiger charge is -2.32. The van der Waals surface area contributed by atoms with Gasteiger partial charge < -0.3 is 9.84 Å². The Balaban J connectivity index is 1.99. The molecule has 16 heavy (non-hydrogen) atoms. The van der Waals surface area contributed by atoms with Gasteiger partial charge in [0.1, 0.15) is 11.6 Å². The third-order valence-electron chi connectivity index (χ3n) is 3.02. The van der Waals surface area contributed by atoms with Gasteiger partial charge in [0.15, 0.2) is 0 Å². The first kappa shape index (κ1) is 9.59. The van der Waals surface area contributed by atoms with Crippen molar-refractivity contribution in [2.75, 3.05) is 0 Å². The van der Waals surface area contributed by atoms with Gasteiger partial charge in [-0.05, 0) is 19.8 Å². The maximum absolute atomic E-state index is 9.49. The molecule has 1 fully saturated rings. The van der Waals surface area contributed by atoms with Crippen LogP contribution in [0.5, 0.6) is 5.88 Å². The van der Waals surface area contributed by atoms with Gasteiger partial charge >= 0.3 is 0 Å². The average molecular weight is 219 g/mol. The van der Waals surface area contributed by atoms with E-state index in [0.29, 0.717) is 5.88 Å². The molecule has 5 nitrogen and oxygen atoms in total. The highest BCUT2D eigenvalue weighted by Crippen LogP contribution is 2.28. The first-order chi connectivity index (χ1) is 7.75. The van der Waals surface area contributed by atoms with Crippen molar-refractivity contribution in [3.05, 3.63) is 24.2 Å². The molecule has 0 saturated heterocycles. The number of hydrogen-bond acceptors (Lipinski definition) is 4. The minimum atomic E-state index is -0.356. The van der Waals surface area contributed by atoms with Crippen molar-refractivity contribution in [1.29, 1.82) is 0 Å². The Bertz CT molecular complexity index is 523. The molecule has 1 aliphatic rings. The summed E-state index contributed by atoms with van der Waals surface area (Å²) < 4.78 is 7.43. The lowest BCUT2D eigenvalue weighted by Crippen LogP contribution is -2.41. The fraction of sp³-hybridized carbons (Fsp3) is 0.455. The van der Waals surface area contributed by atoms with Crippen molar-refractivity contribution in [3.8, 4) is 5.88 Å². The smallest absolute Gasteiger partial charge is 0.240 e. The van der Waals surface area contributed by atoms with Crippen LogP contribution in [-0.2, 0) is 0 Å². The van der Waals surface area contributed by atoms with Crippen LogP contribution in [-0.4, -0.2) is 31.9 Å². The minimum absolute atomic E-state index is 0.118. The molecule has 0 amide bonds. The molecule has 2 heterocycles. The third-order valence-corrected chi connectivity index (χ3v) is 3.02. The molecule has 2 atom stereocenters. The number of hydrogen-bond donors (Lipinski definition) is 1. The van der Waals surface area contributed by atoms with E-state index in [1.54, 1.807) is 23.1 Å². The second kappa shape index (κ2) is 3.45. The van der Waals surface area contributed by atoms with Gasteiger partial charge in [0.2, 0.25) is 5.88 Å². The fourth-order valence-electron chi connectivity index (χ4n) is 1.87. The van der Waals surface area contributed by atoms with Gasteiger partial charge in [-0.15, -0.1) is 0 Å². The zero-order valence-electron chi connectivity index (χ0n) is 9.00. The van der Waals surface area contributed by atoms with Gasteiger partial charge in [-0.2, -0.15) is 5.10 Å². The summed E-state index contributed by atoms with van der Waals surface area (Å²) in [4.78, 5) is 4.20. The van der Waals surface area contributed by atoms with E-state index in [1.165, 1.54) is 0 Å². The molecule has 0 aromatic carbocycles. The van der Waals surface area contributed by atoms with E-state index in [0.717, 1.165) is 23.9 Å². The molecule has 2 aromatic rings. The Morgan fingerprint density at radius 1 is 1.50 bits per heavy atom. The Morgan fingerprint density at radius 2 is 2.38 bits per heavy atom. The van der Waals surface area contributed by atoms with Crippen LogP contribution in [0.25, 0.3) is 5.52 Å². The van der Waals surface area contributed by atoms with Crippen molar-refractivity contribution in [3.63, 3.8) is 0 Å². The molecular weight excluding hydrogens is 206 g/mol. The molecule has 3 rings (SSSR count). The molecule has 84 valence electrons. The number of nitrogens with zero attached hydrogens (tertiary/aromatic N) is 3. The fourth-order valence-corrected chi connectivity index (χ4v) is 1.87. The average Bonchev–Trinajstić information content (AvgIpc) is 2.67. The summed E-state index contributed by atoms with van der Waals surface area (Å²) in [6.07, 6.45) is 6.44. The van der Waals surface area contributed by atoms with E-state index in [-0.39, 0.29) is 12.2 Å². The molecule has 0 aliphatic heterocycles. The van der Waals surface area contributed by atoms with E-state index >= 15 is 0 Å². The summed E-state index contributed by atoms with van der Waals surface area (Å²) in [7, 11) is 0. The van der Waals surface area contributed by atoms with Gasteiger partial charge in [0.05, 0.1) is 12.3 Å². The highest BCUT2D eigenvalue weighted by atomic mass is 16.5. The standard InChI is InChI=1S/C11H13N3O2/c1-7-6-13-14-5-4-12-11(10(7)14)16-9-3-2-8(9)15/h4-6,8-9,15H,2-3H2,1H3. The Morgan fingerprint density at radius 3 is 3.06 bits per heavy atom. The number of fused-ring (bicyclic) bond motifs is 1. The quantitative estimate of drug-likeness (QED) is 0.816.